The lowest BCUT2D eigenvalue weighted by Crippen LogP contribution is -2.07. The molecule has 0 aliphatic rings. The first-order chi connectivity index (χ1) is 13.8. The van der Waals surface area contributed by atoms with Crippen LogP contribution in [0.2, 0.25) is 5.02 Å². The highest BCUT2D eigenvalue weighted by Crippen LogP contribution is 2.34. The lowest BCUT2D eigenvalue weighted by molar-refractivity contribution is 0.0690. The first-order valence-electron chi connectivity index (χ1n) is 9.08. The fourth-order valence-corrected chi connectivity index (χ4v) is 3.63. The fourth-order valence-electron chi connectivity index (χ4n) is 3.50. The number of aromatic carboxylic acids is 1. The van der Waals surface area contributed by atoms with Crippen LogP contribution in [0.5, 0.6) is 0 Å². The molecule has 0 spiro atoms. The molecule has 6 nitrogen and oxygen atoms in total. The Kier molecular flexibility index (Phi) is 4.72. The molecule has 0 aliphatic heterocycles. The van der Waals surface area contributed by atoms with Crippen LogP contribution in [0.1, 0.15) is 27.3 Å². The van der Waals surface area contributed by atoms with Gasteiger partial charge in [0.25, 0.3) is 0 Å². The Morgan fingerprint density at radius 1 is 1.03 bits per heavy atom. The standard InChI is InChI=1S/C22H19ClN4O2/c1-12-5-4-6-13(2)19(12)20-14(3)26-27-18(11-17(22(28)29)25-21(20)27)24-16-9-7-15(23)8-10-16/h4-11,24H,1-3H3,(H,28,29). The van der Waals surface area contributed by atoms with Crippen LogP contribution in [0.25, 0.3) is 16.8 Å². The molecule has 0 amide bonds. The number of halogens is 1. The molecule has 2 N–H and O–H groups in total. The second-order valence-corrected chi connectivity index (χ2v) is 7.36. The van der Waals surface area contributed by atoms with E-state index in [2.05, 4.69) is 15.4 Å². The molecule has 146 valence electrons. The highest BCUT2D eigenvalue weighted by atomic mass is 35.5. The van der Waals surface area contributed by atoms with Gasteiger partial charge in [-0.25, -0.2) is 9.78 Å². The number of aryl methyl sites for hydroxylation is 3. The number of carbonyl (C=O) groups is 1. The largest absolute Gasteiger partial charge is 0.477 e. The maximum Gasteiger partial charge on any atom is 0.354 e. The van der Waals surface area contributed by atoms with Crippen LogP contribution in [0.3, 0.4) is 0 Å². The molecule has 0 aliphatic carbocycles. The van der Waals surface area contributed by atoms with Gasteiger partial charge in [0.2, 0.25) is 0 Å². The number of anilines is 2. The van der Waals surface area contributed by atoms with Crippen LogP contribution in [0.15, 0.2) is 48.5 Å². The quantitative estimate of drug-likeness (QED) is 0.473. The summed E-state index contributed by atoms with van der Waals surface area (Å²) in [5.41, 5.74) is 6.00. The zero-order valence-electron chi connectivity index (χ0n) is 16.2. The second-order valence-electron chi connectivity index (χ2n) is 6.93. The third kappa shape index (κ3) is 3.43. The van der Waals surface area contributed by atoms with Gasteiger partial charge in [-0.3, -0.25) is 0 Å². The minimum Gasteiger partial charge on any atom is -0.477 e. The predicted octanol–water partition coefficient (Wildman–Crippen LogP) is 5.42. The van der Waals surface area contributed by atoms with Crippen molar-refractivity contribution in [2.75, 3.05) is 5.32 Å². The van der Waals surface area contributed by atoms with Gasteiger partial charge in [-0.2, -0.15) is 9.61 Å². The minimum absolute atomic E-state index is 0.0543. The molecule has 4 rings (SSSR count). The van der Waals surface area contributed by atoms with Crippen molar-refractivity contribution >= 4 is 34.7 Å². The average Bonchev–Trinajstić information content (AvgIpc) is 3.00. The minimum atomic E-state index is -1.10. The molecule has 0 radical (unpaired) electrons. The number of hydrogen-bond acceptors (Lipinski definition) is 4. The molecule has 0 unspecified atom stereocenters. The van der Waals surface area contributed by atoms with Crippen LogP contribution in [0.4, 0.5) is 11.5 Å². The molecule has 2 heterocycles. The van der Waals surface area contributed by atoms with E-state index in [0.29, 0.717) is 16.5 Å². The SMILES string of the molecule is Cc1cccc(C)c1-c1c(C)nn2c(Nc3ccc(Cl)cc3)cc(C(=O)O)nc12. The number of carboxylic acids is 1. The Morgan fingerprint density at radius 2 is 1.69 bits per heavy atom. The Hall–Kier alpha value is -3.38. The topological polar surface area (TPSA) is 79.5 Å². The van der Waals surface area contributed by atoms with E-state index >= 15 is 0 Å². The molecule has 4 aromatic rings. The van der Waals surface area contributed by atoms with Gasteiger partial charge in [0.1, 0.15) is 5.82 Å². The van der Waals surface area contributed by atoms with Crippen molar-refractivity contribution in [2.24, 2.45) is 0 Å². The molecule has 0 bridgehead atoms. The number of nitrogens with one attached hydrogen (secondary N) is 1. The van der Waals surface area contributed by atoms with E-state index in [1.165, 1.54) is 6.07 Å². The summed E-state index contributed by atoms with van der Waals surface area (Å²) in [6, 6.07) is 14.7. The Bertz CT molecular complexity index is 1230. The lowest BCUT2D eigenvalue weighted by atomic mass is 9.96. The van der Waals surface area contributed by atoms with Crippen molar-refractivity contribution in [3.05, 3.63) is 76.1 Å². The highest BCUT2D eigenvalue weighted by Gasteiger charge is 2.21. The summed E-state index contributed by atoms with van der Waals surface area (Å²) in [6.07, 6.45) is 0. The number of rotatable bonds is 4. The van der Waals surface area contributed by atoms with Crippen molar-refractivity contribution in [2.45, 2.75) is 20.8 Å². The highest BCUT2D eigenvalue weighted by molar-refractivity contribution is 6.30. The van der Waals surface area contributed by atoms with Gasteiger partial charge in [0.15, 0.2) is 11.3 Å². The molecule has 0 atom stereocenters. The summed E-state index contributed by atoms with van der Waals surface area (Å²) in [5, 5.41) is 18.1. The molecule has 0 fully saturated rings. The second kappa shape index (κ2) is 7.22. The molecule has 7 heteroatoms. The summed E-state index contributed by atoms with van der Waals surface area (Å²) in [5.74, 6) is -0.590. The van der Waals surface area contributed by atoms with Crippen molar-refractivity contribution in [3.63, 3.8) is 0 Å². The van der Waals surface area contributed by atoms with E-state index in [0.717, 1.165) is 33.6 Å². The molecule has 0 saturated carbocycles. The Balaban J connectivity index is 1.98. The summed E-state index contributed by atoms with van der Waals surface area (Å²) in [6.45, 7) is 5.96. The fraction of sp³-hybridized carbons (Fsp3) is 0.136. The first kappa shape index (κ1) is 19.0. The zero-order chi connectivity index (χ0) is 20.7. The third-order valence-corrected chi connectivity index (χ3v) is 5.08. The lowest BCUT2D eigenvalue weighted by Gasteiger charge is -2.11. The van der Waals surface area contributed by atoms with Gasteiger partial charge in [0, 0.05) is 16.8 Å². The number of fused-ring (bicyclic) bond motifs is 1. The maximum atomic E-state index is 11.7. The van der Waals surface area contributed by atoms with Crippen molar-refractivity contribution < 1.29 is 9.90 Å². The van der Waals surface area contributed by atoms with Gasteiger partial charge in [-0.05, 0) is 61.7 Å². The van der Waals surface area contributed by atoms with E-state index < -0.39 is 5.97 Å². The molecule has 2 aromatic heterocycles. The van der Waals surface area contributed by atoms with E-state index in [1.807, 2.05) is 51.1 Å². The van der Waals surface area contributed by atoms with E-state index in [9.17, 15) is 9.90 Å². The van der Waals surface area contributed by atoms with Gasteiger partial charge in [0.05, 0.1) is 11.3 Å². The van der Waals surface area contributed by atoms with Crippen LogP contribution >= 0.6 is 11.6 Å². The van der Waals surface area contributed by atoms with Crippen molar-refractivity contribution in [1.82, 2.24) is 14.6 Å². The van der Waals surface area contributed by atoms with Crippen LogP contribution in [0, 0.1) is 20.8 Å². The predicted molar refractivity (Wildman–Crippen MR) is 114 cm³/mol. The molecular formula is C22H19ClN4O2. The van der Waals surface area contributed by atoms with Crippen molar-refractivity contribution in [3.8, 4) is 11.1 Å². The molecular weight excluding hydrogens is 388 g/mol. The smallest absolute Gasteiger partial charge is 0.354 e. The monoisotopic (exact) mass is 406 g/mol. The number of carboxylic acid groups (broad SMARTS) is 1. The van der Waals surface area contributed by atoms with Crippen LogP contribution in [-0.2, 0) is 0 Å². The van der Waals surface area contributed by atoms with Crippen LogP contribution < -0.4 is 5.32 Å². The molecule has 2 aromatic carbocycles. The summed E-state index contributed by atoms with van der Waals surface area (Å²) < 4.78 is 1.65. The number of hydrogen-bond donors (Lipinski definition) is 2. The van der Waals surface area contributed by atoms with Gasteiger partial charge in [-0.1, -0.05) is 29.8 Å². The summed E-state index contributed by atoms with van der Waals surface area (Å²) >= 11 is 5.97. The summed E-state index contributed by atoms with van der Waals surface area (Å²) in [4.78, 5) is 16.2. The van der Waals surface area contributed by atoms with E-state index in [-0.39, 0.29) is 5.69 Å². The third-order valence-electron chi connectivity index (χ3n) is 4.83. The van der Waals surface area contributed by atoms with Gasteiger partial charge < -0.3 is 10.4 Å². The zero-order valence-corrected chi connectivity index (χ0v) is 16.9. The normalized spacial score (nSPS) is 11.0. The van der Waals surface area contributed by atoms with Gasteiger partial charge >= 0.3 is 5.97 Å². The molecule has 29 heavy (non-hydrogen) atoms. The Labute approximate surface area is 172 Å². The van der Waals surface area contributed by atoms with E-state index in [1.54, 1.807) is 16.6 Å². The number of benzene rings is 2. The average molecular weight is 407 g/mol. The Morgan fingerprint density at radius 3 is 2.31 bits per heavy atom. The maximum absolute atomic E-state index is 11.7. The van der Waals surface area contributed by atoms with E-state index in [4.69, 9.17) is 11.6 Å². The number of aromatic nitrogens is 3. The van der Waals surface area contributed by atoms with Crippen LogP contribution in [-0.4, -0.2) is 25.7 Å². The molecule has 0 saturated heterocycles. The first-order valence-corrected chi connectivity index (χ1v) is 9.46. The van der Waals surface area contributed by atoms with Crippen molar-refractivity contribution in [1.29, 1.82) is 0 Å². The van der Waals surface area contributed by atoms with Gasteiger partial charge in [-0.15, -0.1) is 0 Å². The summed E-state index contributed by atoms with van der Waals surface area (Å²) in [7, 11) is 0. The number of nitrogens with zero attached hydrogens (tertiary/aromatic N) is 3.